The zero-order chi connectivity index (χ0) is 34.6. The minimum Gasteiger partial charge on any atom is -0.0663 e. The second kappa shape index (κ2) is 4.53. The summed E-state index contributed by atoms with van der Waals surface area (Å²) in [6, 6.07) is 0. The third-order valence-corrected chi connectivity index (χ3v) is 24.0. The van der Waals surface area contributed by atoms with Gasteiger partial charge in [-0.15, -0.1) is 0 Å². The molecule has 0 spiro atoms. The standard InChI is InChI=1S/C59H5B/c1-2-5-6-3(1)10-12-8-4(1)7-11-9(2)15-19-17(5)25-26-18(6)20-16(10)24-22(12)30-28-14(8)13(7)27-29-21(11)23(15)37-39-31(19)33(25)47-48-34(26)32(20)40-38(24)44-42(30)46-36(28)35(27)45-41(29)43(37)51-49(39)53(47)57-54(48)50(40)52(44)59-56(46)55(45)58(51)60(57)59/h49,52-53,57,59H. The van der Waals surface area contributed by atoms with Crippen LogP contribution in [-0.2, 0) is 0 Å². The van der Waals surface area contributed by atoms with Crippen molar-refractivity contribution in [2.24, 2.45) is 0 Å². The van der Waals surface area contributed by atoms with Crippen LogP contribution in [0.4, 0.5) is 0 Å². The maximum Gasteiger partial charge on any atom is 0.194 e. The Bertz CT molecular complexity index is 6150. The molecule has 0 N–H and O–H groups in total. The van der Waals surface area contributed by atoms with E-state index in [-0.39, 0.29) is 0 Å². The molecular weight excluding hydrogens is 719 g/mol. The molecule has 5 unspecified atom stereocenters. The van der Waals surface area contributed by atoms with Gasteiger partial charge in [0.1, 0.15) is 0 Å². The number of benzene rings is 16. The maximum absolute atomic E-state index is 1.90. The highest BCUT2D eigenvalue weighted by Crippen LogP contribution is 2.84. The van der Waals surface area contributed by atoms with E-state index in [2.05, 4.69) is 0 Å². The van der Waals surface area contributed by atoms with E-state index in [1.807, 2.05) is 55.2 Å². The van der Waals surface area contributed by atoms with E-state index in [9.17, 15) is 0 Å². The van der Waals surface area contributed by atoms with Gasteiger partial charge in [-0.2, -0.15) is 0 Å². The lowest BCUT2D eigenvalue weighted by Gasteiger charge is -2.47. The first-order chi connectivity index (χ1) is 30.0. The Balaban J connectivity index is 1.29. The quantitative estimate of drug-likeness (QED) is 0.108. The van der Waals surface area contributed by atoms with Crippen molar-refractivity contribution in [3.05, 3.63) is 38.9 Å². The van der Waals surface area contributed by atoms with Gasteiger partial charge in [-0.05, 0) is 304 Å². The molecule has 60 heavy (non-hydrogen) atoms. The summed E-state index contributed by atoms with van der Waals surface area (Å²) >= 11 is 0. The normalized spacial score (nSPS) is 25.8. The van der Waals surface area contributed by atoms with Crippen LogP contribution in [0.1, 0.15) is 68.3 Å². The summed E-state index contributed by atoms with van der Waals surface area (Å²) < 4.78 is 0. The molecule has 3 heterocycles. The van der Waals surface area contributed by atoms with Crippen LogP contribution < -0.4 is 5.46 Å². The SMILES string of the molecule is B12c3c4c5c6c7c8c9c%10c%11c(c%12c%13c%14c%15c%16c%17c(c3c3c5c5c%18c6c6c8c8c9c9c%11c%13c%11c%13c%14c%14c%16c%16c%17c3c5c3c%16c5c%14c%13c%13c(c9%11)c8c8c6c%18c3c5c8%13)C1C%12%15)C2C%10C47. The Hall–Kier alpha value is -6.96. The second-order valence-corrected chi connectivity index (χ2v) is 23.6. The van der Waals surface area contributed by atoms with Gasteiger partial charge in [0, 0.05) is 11.8 Å². The summed E-state index contributed by atoms with van der Waals surface area (Å²) in [5.41, 5.74) is 15.0. The van der Waals surface area contributed by atoms with E-state index in [0.717, 1.165) is 0 Å². The van der Waals surface area contributed by atoms with E-state index in [4.69, 9.17) is 0 Å². The molecule has 244 valence electrons. The average molecular weight is 725 g/mol. The summed E-state index contributed by atoms with van der Waals surface area (Å²) in [5.74, 6) is 2.78. The van der Waals surface area contributed by atoms with Crippen molar-refractivity contribution in [1.82, 2.24) is 0 Å². The molecule has 0 amide bonds. The molecule has 5 atom stereocenters. The first-order valence-corrected chi connectivity index (χ1v) is 23.2. The molecule has 32 rings (SSSR count). The van der Waals surface area contributed by atoms with E-state index in [1.165, 1.54) is 0 Å². The minimum absolute atomic E-state index is 0.507. The molecular formula is C59H5B. The van der Waals surface area contributed by atoms with Gasteiger partial charge in [0.25, 0.3) is 0 Å². The molecule has 0 fully saturated rings. The fourth-order valence-electron chi connectivity index (χ4n) is 24.4. The molecule has 0 radical (unpaired) electrons. The molecule has 24 aromatic carbocycles. The summed E-state index contributed by atoms with van der Waals surface area (Å²) in [5, 5.41) is 79.6. The molecule has 0 aromatic heterocycles. The van der Waals surface area contributed by atoms with Gasteiger partial charge in [0.15, 0.2) is 6.71 Å². The van der Waals surface area contributed by atoms with Crippen LogP contribution in [0.2, 0.25) is 0 Å². The predicted octanol–water partition coefficient (Wildman–Crippen LogP) is 14.8. The number of hydrogen-bond donors (Lipinski definition) is 0. The fourth-order valence-corrected chi connectivity index (χ4v) is 24.4. The summed E-state index contributed by atoms with van der Waals surface area (Å²) in [6.45, 7) is 0.605. The Morgan fingerprint density at radius 2 is 0.450 bits per heavy atom. The first kappa shape index (κ1) is 20.8. The van der Waals surface area contributed by atoms with Crippen molar-refractivity contribution in [2.75, 3.05) is 0 Å². The summed E-state index contributed by atoms with van der Waals surface area (Å²) in [4.78, 5) is 0. The van der Waals surface area contributed by atoms with Crippen LogP contribution in [0.5, 0.6) is 0 Å². The summed E-state index contributed by atoms with van der Waals surface area (Å²) in [7, 11) is 0. The highest BCUT2D eigenvalue weighted by atomic mass is 14.6. The van der Waals surface area contributed by atoms with Crippen LogP contribution >= 0.6 is 0 Å². The van der Waals surface area contributed by atoms with E-state index in [0.29, 0.717) is 36.1 Å². The van der Waals surface area contributed by atoms with Crippen LogP contribution in [0.25, 0.3) is 248 Å². The monoisotopic (exact) mass is 724 g/mol. The molecule has 3 aliphatic heterocycles. The van der Waals surface area contributed by atoms with Crippen LogP contribution in [-0.4, -0.2) is 6.71 Å². The number of hydrogen-bond acceptors (Lipinski definition) is 0. The van der Waals surface area contributed by atoms with Gasteiger partial charge < -0.3 is 0 Å². The van der Waals surface area contributed by atoms with Crippen LogP contribution in [0.3, 0.4) is 0 Å². The Labute approximate surface area is 326 Å². The lowest BCUT2D eigenvalue weighted by atomic mass is 9.22. The van der Waals surface area contributed by atoms with Gasteiger partial charge in [-0.1, -0.05) is 5.46 Å². The van der Waals surface area contributed by atoms with Crippen molar-refractivity contribution >= 4 is 260 Å². The van der Waals surface area contributed by atoms with Crippen molar-refractivity contribution in [1.29, 1.82) is 0 Å². The minimum atomic E-state index is 0.507. The summed E-state index contributed by atoms with van der Waals surface area (Å²) in [6.07, 6.45) is 0. The van der Waals surface area contributed by atoms with E-state index < -0.39 is 0 Å². The van der Waals surface area contributed by atoms with Crippen molar-refractivity contribution in [2.45, 2.75) is 29.4 Å². The van der Waals surface area contributed by atoms with Crippen molar-refractivity contribution < 1.29 is 0 Å². The van der Waals surface area contributed by atoms with Crippen LogP contribution in [0, 0.1) is 0 Å². The van der Waals surface area contributed by atoms with Gasteiger partial charge in [-0.3, -0.25) is 0 Å². The van der Waals surface area contributed by atoms with Gasteiger partial charge in [0.2, 0.25) is 0 Å². The van der Waals surface area contributed by atoms with E-state index >= 15 is 0 Å². The zero-order valence-corrected chi connectivity index (χ0v) is 30.5. The lowest BCUT2D eigenvalue weighted by molar-refractivity contribution is 0.577. The Morgan fingerprint density at radius 3 is 0.867 bits per heavy atom. The molecule has 24 aromatic rings. The smallest absolute Gasteiger partial charge is 0.0663 e. The Morgan fingerprint density at radius 1 is 0.167 bits per heavy atom. The van der Waals surface area contributed by atoms with Gasteiger partial charge in [0.05, 0.1) is 0 Å². The van der Waals surface area contributed by atoms with Crippen molar-refractivity contribution in [3.63, 3.8) is 0 Å². The molecule has 0 bridgehead atoms. The first-order valence-electron chi connectivity index (χ1n) is 23.2. The zero-order valence-electron chi connectivity index (χ0n) is 30.5. The third-order valence-electron chi connectivity index (χ3n) is 24.0. The third kappa shape index (κ3) is 1.03. The van der Waals surface area contributed by atoms with Gasteiger partial charge in [-0.25, -0.2) is 0 Å². The lowest BCUT2D eigenvalue weighted by Crippen LogP contribution is -2.51. The predicted molar refractivity (Wildman–Crippen MR) is 252 cm³/mol. The molecule has 5 aliphatic carbocycles. The second-order valence-electron chi connectivity index (χ2n) is 23.6. The molecule has 0 nitrogen and oxygen atoms in total. The van der Waals surface area contributed by atoms with Crippen molar-refractivity contribution in [3.8, 4) is 0 Å². The van der Waals surface area contributed by atoms with E-state index in [1.54, 1.807) is 237 Å². The highest BCUT2D eigenvalue weighted by molar-refractivity contribution is 6.87. The van der Waals surface area contributed by atoms with Gasteiger partial charge >= 0.3 is 0 Å². The number of rotatable bonds is 0. The molecule has 1 heteroatoms. The van der Waals surface area contributed by atoms with Crippen LogP contribution in [0.15, 0.2) is 0 Å². The molecule has 0 saturated heterocycles. The highest BCUT2D eigenvalue weighted by Gasteiger charge is 2.68. The average Bonchev–Trinajstić information content (AvgIpc) is 4.09. The molecule has 0 saturated carbocycles. The Kier molecular flexibility index (Phi) is 1.57. The maximum atomic E-state index is 1.90. The molecule has 8 aliphatic rings. The topological polar surface area (TPSA) is 0 Å². The largest absolute Gasteiger partial charge is 0.194 e. The fraction of sp³-hybridized carbons (Fsp3) is 0.0847.